The highest BCUT2D eigenvalue weighted by Crippen LogP contribution is 2.32. The predicted octanol–water partition coefficient (Wildman–Crippen LogP) is 2.95. The first-order chi connectivity index (χ1) is 9.30. The van der Waals surface area contributed by atoms with Gasteiger partial charge in [-0.2, -0.15) is 0 Å². The van der Waals surface area contributed by atoms with Crippen molar-refractivity contribution in [3.05, 3.63) is 23.3 Å². The number of hydrogen-bond acceptors (Lipinski definition) is 3. The van der Waals surface area contributed by atoms with E-state index in [1.165, 1.54) is 30.4 Å². The first-order valence-electron chi connectivity index (χ1n) is 7.26. The fourth-order valence-corrected chi connectivity index (χ4v) is 2.99. The SMILES string of the molecule is CCc1c(OC)ccc(OC)c1CC1CCCCN1. The van der Waals surface area contributed by atoms with Crippen LogP contribution in [0, 0.1) is 0 Å². The van der Waals surface area contributed by atoms with Crippen molar-refractivity contribution in [1.29, 1.82) is 0 Å². The zero-order chi connectivity index (χ0) is 13.7. The molecule has 19 heavy (non-hydrogen) atoms. The number of methoxy groups -OCH3 is 2. The van der Waals surface area contributed by atoms with E-state index in [-0.39, 0.29) is 0 Å². The van der Waals surface area contributed by atoms with Gasteiger partial charge in [0.25, 0.3) is 0 Å². The number of ether oxygens (including phenoxy) is 2. The molecule has 1 saturated heterocycles. The molecule has 0 aliphatic carbocycles. The maximum absolute atomic E-state index is 5.55. The third kappa shape index (κ3) is 3.21. The standard InChI is InChI=1S/C16H25NO2/c1-4-13-14(11-12-7-5-6-10-17-12)16(19-3)9-8-15(13)18-2/h8-9,12,17H,4-7,10-11H2,1-3H3. The van der Waals surface area contributed by atoms with Crippen molar-refractivity contribution >= 4 is 0 Å². The lowest BCUT2D eigenvalue weighted by Gasteiger charge is -2.26. The van der Waals surface area contributed by atoms with Crippen molar-refractivity contribution in [2.75, 3.05) is 20.8 Å². The molecule has 1 unspecified atom stereocenters. The average molecular weight is 263 g/mol. The van der Waals surface area contributed by atoms with Gasteiger partial charge in [0.1, 0.15) is 11.5 Å². The van der Waals surface area contributed by atoms with E-state index in [4.69, 9.17) is 9.47 Å². The van der Waals surface area contributed by atoms with E-state index >= 15 is 0 Å². The molecule has 3 nitrogen and oxygen atoms in total. The molecule has 2 rings (SSSR count). The summed E-state index contributed by atoms with van der Waals surface area (Å²) in [6.07, 6.45) is 5.88. The highest BCUT2D eigenvalue weighted by Gasteiger charge is 2.19. The zero-order valence-corrected chi connectivity index (χ0v) is 12.3. The van der Waals surface area contributed by atoms with Gasteiger partial charge in [-0.1, -0.05) is 13.3 Å². The van der Waals surface area contributed by atoms with Crippen molar-refractivity contribution in [3.8, 4) is 11.5 Å². The van der Waals surface area contributed by atoms with Gasteiger partial charge in [-0.15, -0.1) is 0 Å². The Bertz CT molecular complexity index is 411. The molecule has 1 aliphatic rings. The maximum Gasteiger partial charge on any atom is 0.122 e. The van der Waals surface area contributed by atoms with Crippen LogP contribution in [-0.4, -0.2) is 26.8 Å². The Kier molecular flexibility index (Phi) is 5.08. The van der Waals surface area contributed by atoms with Gasteiger partial charge in [0, 0.05) is 17.2 Å². The average Bonchev–Trinajstić information content (AvgIpc) is 2.47. The van der Waals surface area contributed by atoms with E-state index in [2.05, 4.69) is 12.2 Å². The molecule has 3 heteroatoms. The van der Waals surface area contributed by atoms with Gasteiger partial charge in [-0.25, -0.2) is 0 Å². The van der Waals surface area contributed by atoms with Gasteiger partial charge in [0.2, 0.25) is 0 Å². The smallest absolute Gasteiger partial charge is 0.122 e. The monoisotopic (exact) mass is 263 g/mol. The minimum Gasteiger partial charge on any atom is -0.496 e. The molecular formula is C16H25NO2. The van der Waals surface area contributed by atoms with E-state index < -0.39 is 0 Å². The summed E-state index contributed by atoms with van der Waals surface area (Å²) >= 11 is 0. The molecule has 1 fully saturated rings. The Morgan fingerprint density at radius 1 is 1.11 bits per heavy atom. The van der Waals surface area contributed by atoms with Gasteiger partial charge in [0.15, 0.2) is 0 Å². The first-order valence-corrected chi connectivity index (χ1v) is 7.26. The zero-order valence-electron chi connectivity index (χ0n) is 12.3. The summed E-state index contributed by atoms with van der Waals surface area (Å²) in [5.74, 6) is 1.97. The molecular weight excluding hydrogens is 238 g/mol. The lowest BCUT2D eigenvalue weighted by molar-refractivity contribution is 0.374. The van der Waals surface area contributed by atoms with Crippen LogP contribution in [0.4, 0.5) is 0 Å². The molecule has 1 atom stereocenters. The number of piperidine rings is 1. The predicted molar refractivity (Wildman–Crippen MR) is 78.3 cm³/mol. The van der Waals surface area contributed by atoms with Crippen molar-refractivity contribution in [2.45, 2.75) is 45.1 Å². The number of benzene rings is 1. The minimum absolute atomic E-state index is 0.569. The summed E-state index contributed by atoms with van der Waals surface area (Å²) in [4.78, 5) is 0. The normalized spacial score (nSPS) is 19.2. The van der Waals surface area contributed by atoms with E-state index in [0.29, 0.717) is 6.04 Å². The van der Waals surface area contributed by atoms with Gasteiger partial charge < -0.3 is 14.8 Å². The summed E-state index contributed by atoms with van der Waals surface area (Å²) in [6.45, 7) is 3.31. The number of rotatable bonds is 5. The van der Waals surface area contributed by atoms with Crippen LogP contribution in [0.25, 0.3) is 0 Å². The molecule has 0 amide bonds. The van der Waals surface area contributed by atoms with E-state index in [9.17, 15) is 0 Å². The topological polar surface area (TPSA) is 30.5 Å². The van der Waals surface area contributed by atoms with Gasteiger partial charge in [-0.3, -0.25) is 0 Å². The molecule has 0 radical (unpaired) electrons. The quantitative estimate of drug-likeness (QED) is 0.886. The lowest BCUT2D eigenvalue weighted by Crippen LogP contribution is -2.35. The van der Waals surface area contributed by atoms with Gasteiger partial charge in [-0.05, 0) is 44.4 Å². The number of hydrogen-bond donors (Lipinski definition) is 1. The summed E-state index contributed by atoms with van der Waals surface area (Å²) in [5, 5.41) is 3.61. The van der Waals surface area contributed by atoms with E-state index in [1.54, 1.807) is 14.2 Å². The Labute approximate surface area is 116 Å². The summed E-state index contributed by atoms with van der Waals surface area (Å²) in [7, 11) is 3.49. The third-order valence-corrected chi connectivity index (χ3v) is 4.00. The maximum atomic E-state index is 5.55. The molecule has 1 aliphatic heterocycles. The molecule has 1 aromatic carbocycles. The Hall–Kier alpha value is -1.22. The summed E-state index contributed by atoms with van der Waals surface area (Å²) in [6, 6.07) is 4.60. The van der Waals surface area contributed by atoms with Gasteiger partial charge in [0.05, 0.1) is 14.2 Å². The molecule has 0 spiro atoms. The Morgan fingerprint density at radius 2 is 1.79 bits per heavy atom. The van der Waals surface area contributed by atoms with Crippen LogP contribution in [0.1, 0.15) is 37.3 Å². The summed E-state index contributed by atoms with van der Waals surface area (Å²) < 4.78 is 11.0. The number of nitrogens with one attached hydrogen (secondary N) is 1. The van der Waals surface area contributed by atoms with Crippen molar-refractivity contribution in [1.82, 2.24) is 5.32 Å². The van der Waals surface area contributed by atoms with Crippen LogP contribution in [0.5, 0.6) is 11.5 Å². The molecule has 0 saturated carbocycles. The van der Waals surface area contributed by atoms with Crippen LogP contribution >= 0.6 is 0 Å². The van der Waals surface area contributed by atoms with Crippen LogP contribution in [-0.2, 0) is 12.8 Å². The van der Waals surface area contributed by atoms with Crippen LogP contribution < -0.4 is 14.8 Å². The van der Waals surface area contributed by atoms with Crippen LogP contribution in [0.15, 0.2) is 12.1 Å². The minimum atomic E-state index is 0.569. The van der Waals surface area contributed by atoms with E-state index in [0.717, 1.165) is 30.9 Å². The molecule has 106 valence electrons. The van der Waals surface area contributed by atoms with Crippen LogP contribution in [0.3, 0.4) is 0 Å². The third-order valence-electron chi connectivity index (χ3n) is 4.00. The van der Waals surface area contributed by atoms with Crippen LogP contribution in [0.2, 0.25) is 0 Å². The second kappa shape index (κ2) is 6.80. The Balaban J connectivity index is 2.28. The highest BCUT2D eigenvalue weighted by molar-refractivity contribution is 5.49. The molecule has 1 aromatic rings. The second-order valence-electron chi connectivity index (χ2n) is 5.13. The van der Waals surface area contributed by atoms with Crippen molar-refractivity contribution < 1.29 is 9.47 Å². The highest BCUT2D eigenvalue weighted by atomic mass is 16.5. The molecule has 1 N–H and O–H groups in total. The first kappa shape index (κ1) is 14.2. The Morgan fingerprint density at radius 3 is 2.32 bits per heavy atom. The fraction of sp³-hybridized carbons (Fsp3) is 0.625. The fourth-order valence-electron chi connectivity index (χ4n) is 2.99. The van der Waals surface area contributed by atoms with Crippen molar-refractivity contribution in [3.63, 3.8) is 0 Å². The summed E-state index contributed by atoms with van der Waals surface area (Å²) in [5.41, 5.74) is 2.60. The van der Waals surface area contributed by atoms with Gasteiger partial charge >= 0.3 is 0 Å². The van der Waals surface area contributed by atoms with Crippen molar-refractivity contribution in [2.24, 2.45) is 0 Å². The molecule has 0 aromatic heterocycles. The second-order valence-corrected chi connectivity index (χ2v) is 5.13. The molecule has 0 bridgehead atoms. The molecule has 1 heterocycles. The largest absolute Gasteiger partial charge is 0.496 e. The lowest BCUT2D eigenvalue weighted by atomic mass is 9.92. The van der Waals surface area contributed by atoms with E-state index in [1.807, 2.05) is 12.1 Å².